The average Bonchev–Trinajstić information content (AvgIpc) is 3.19. The molecule has 296 valence electrons. The highest BCUT2D eigenvalue weighted by atomic mass is 35.5. The fraction of sp³-hybridized carbons (Fsp3) is 0.380. The Morgan fingerprint density at radius 2 is 1.42 bits per heavy atom. The van der Waals surface area contributed by atoms with Crippen molar-refractivity contribution in [2.75, 3.05) is 0 Å². The quantitative estimate of drug-likeness (QED) is 0.0907. The standard InChI is InChI=1S/C35H35ClO.C7H13N.C5H10.C2H6.CH2O2/c1-6-27-21-26(11-10-24(27)4)12-19-31(35(37)7-2)32-22-33(34(36)20-25(32)5)30-17-15-29(16-18-30)28-13-8-23(3)9-14-28;1-3-7(2)5-4-6-8;1-5-3-2-4-5;1-2;2-1-3/h8-11,13-22H,6-7,12H2,1-5H3;4-8H,3H2,1-2H3;5H,2-4H2,1H3;1-2H3;1H,(H,2,3)/b31-19-;5-4-,8-6?;;;. The monoisotopic (exact) mass is 763 g/mol. The summed E-state index contributed by atoms with van der Waals surface area (Å²) in [5.74, 6) is 1.83. The van der Waals surface area contributed by atoms with Gasteiger partial charge in [-0.15, -0.1) is 0 Å². The zero-order valence-corrected chi connectivity index (χ0v) is 35.9. The number of Topliss-reactive ketones (excluding diaryl/α,β-unsaturated/α-hetero) is 1. The number of nitrogens with one attached hydrogen (secondary N) is 1. The molecule has 1 aliphatic carbocycles. The van der Waals surface area contributed by atoms with Gasteiger partial charge in [0.25, 0.3) is 6.47 Å². The molecule has 5 heteroatoms. The number of hydrogen-bond acceptors (Lipinski definition) is 3. The molecule has 0 bridgehead atoms. The van der Waals surface area contributed by atoms with E-state index in [9.17, 15) is 4.79 Å². The highest BCUT2D eigenvalue weighted by molar-refractivity contribution is 6.33. The maximum Gasteiger partial charge on any atom is 0.290 e. The Hall–Kier alpha value is -4.54. The van der Waals surface area contributed by atoms with Crippen LogP contribution in [-0.4, -0.2) is 23.6 Å². The number of benzene rings is 4. The van der Waals surface area contributed by atoms with E-state index in [-0.39, 0.29) is 12.3 Å². The Balaban J connectivity index is 0.000000695. The van der Waals surface area contributed by atoms with Gasteiger partial charge in [0.05, 0.1) is 0 Å². The summed E-state index contributed by atoms with van der Waals surface area (Å²) < 4.78 is 0. The zero-order chi connectivity index (χ0) is 41.3. The number of rotatable bonds is 11. The molecular weight excluding hydrogens is 698 g/mol. The van der Waals surface area contributed by atoms with Gasteiger partial charge in [-0.1, -0.05) is 170 Å². The number of halogens is 1. The number of hydrogen-bond donors (Lipinski definition) is 2. The molecule has 4 aromatic rings. The van der Waals surface area contributed by atoms with Gasteiger partial charge in [-0.25, -0.2) is 0 Å². The number of carbonyl (C=O) groups is 2. The lowest BCUT2D eigenvalue weighted by molar-refractivity contribution is -0.122. The Morgan fingerprint density at radius 1 is 0.873 bits per heavy atom. The summed E-state index contributed by atoms with van der Waals surface area (Å²) in [7, 11) is 0. The summed E-state index contributed by atoms with van der Waals surface area (Å²) in [5.41, 5.74) is 12.2. The highest BCUT2D eigenvalue weighted by Crippen LogP contribution is 2.35. The minimum absolute atomic E-state index is 0.147. The van der Waals surface area contributed by atoms with Gasteiger partial charge in [-0.3, -0.25) is 9.59 Å². The topological polar surface area (TPSA) is 78.2 Å². The SMILES string of the molecule is CC.CC1CCC1.CCC(=O)/C(=C\Cc1ccc(C)c(CC)c1)c1cc(-c2ccc(-c3ccc(C)cc3)cc2)c(Cl)cc1C.CCC(C)/C=C\C=N.O=CO. The van der Waals surface area contributed by atoms with Gasteiger partial charge in [0, 0.05) is 28.8 Å². The molecule has 4 nitrogen and oxygen atoms in total. The molecule has 2 N–H and O–H groups in total. The third-order valence-electron chi connectivity index (χ3n) is 9.72. The second kappa shape index (κ2) is 27.1. The average molecular weight is 765 g/mol. The minimum Gasteiger partial charge on any atom is -0.483 e. The van der Waals surface area contributed by atoms with Crippen LogP contribution in [0.1, 0.15) is 114 Å². The Labute approximate surface area is 338 Å². The fourth-order valence-corrected chi connectivity index (χ4v) is 6.11. The van der Waals surface area contributed by atoms with E-state index in [0.29, 0.717) is 17.4 Å². The van der Waals surface area contributed by atoms with Crippen molar-refractivity contribution >= 4 is 35.6 Å². The van der Waals surface area contributed by atoms with Crippen molar-refractivity contribution in [2.45, 2.75) is 114 Å². The van der Waals surface area contributed by atoms with Gasteiger partial charge < -0.3 is 10.5 Å². The normalized spacial score (nSPS) is 12.5. The zero-order valence-electron chi connectivity index (χ0n) is 35.1. The van der Waals surface area contributed by atoms with Crippen LogP contribution >= 0.6 is 11.6 Å². The van der Waals surface area contributed by atoms with Crippen molar-refractivity contribution in [1.82, 2.24) is 0 Å². The first kappa shape index (κ1) is 48.5. The first-order valence-electron chi connectivity index (χ1n) is 20.0. The van der Waals surface area contributed by atoms with Gasteiger partial charge in [0.2, 0.25) is 0 Å². The molecule has 0 radical (unpaired) electrons. The van der Waals surface area contributed by atoms with Crippen LogP contribution < -0.4 is 0 Å². The summed E-state index contributed by atoms with van der Waals surface area (Å²) in [6, 6.07) is 27.7. The molecule has 0 saturated heterocycles. The Morgan fingerprint density at radius 3 is 1.89 bits per heavy atom. The number of aryl methyl sites for hydroxylation is 4. The maximum atomic E-state index is 13.1. The Bertz CT molecular complexity index is 1800. The van der Waals surface area contributed by atoms with E-state index in [2.05, 4.69) is 120 Å². The maximum absolute atomic E-state index is 13.1. The van der Waals surface area contributed by atoms with Crippen LogP contribution in [0.15, 0.2) is 97.1 Å². The molecule has 0 heterocycles. The molecule has 0 aromatic heterocycles. The van der Waals surface area contributed by atoms with Crippen LogP contribution in [0.4, 0.5) is 0 Å². The molecule has 5 rings (SSSR count). The number of carbonyl (C=O) groups excluding carboxylic acids is 1. The number of allylic oxidation sites excluding steroid dienone is 4. The van der Waals surface area contributed by atoms with Crippen molar-refractivity contribution in [1.29, 1.82) is 5.41 Å². The van der Waals surface area contributed by atoms with E-state index >= 15 is 0 Å². The van der Waals surface area contributed by atoms with Crippen LogP contribution in [0.2, 0.25) is 5.02 Å². The smallest absolute Gasteiger partial charge is 0.290 e. The molecule has 1 aliphatic rings. The molecule has 0 aliphatic heterocycles. The van der Waals surface area contributed by atoms with Crippen molar-refractivity contribution in [3.8, 4) is 22.3 Å². The van der Waals surface area contributed by atoms with Crippen LogP contribution in [0.25, 0.3) is 27.8 Å². The molecule has 0 amide bonds. The lowest BCUT2D eigenvalue weighted by Gasteiger charge is -2.18. The first-order valence-corrected chi connectivity index (χ1v) is 20.3. The van der Waals surface area contributed by atoms with E-state index in [0.717, 1.165) is 53.0 Å². The van der Waals surface area contributed by atoms with Crippen LogP contribution in [0.5, 0.6) is 0 Å². The highest BCUT2D eigenvalue weighted by Gasteiger charge is 2.16. The lowest BCUT2D eigenvalue weighted by Crippen LogP contribution is -2.04. The van der Waals surface area contributed by atoms with E-state index in [4.69, 9.17) is 26.9 Å². The van der Waals surface area contributed by atoms with E-state index in [1.807, 2.05) is 39.8 Å². The summed E-state index contributed by atoms with van der Waals surface area (Å²) in [5, 5.41) is 14.2. The fourth-order valence-electron chi connectivity index (χ4n) is 5.78. The van der Waals surface area contributed by atoms with Gasteiger partial charge in [-0.05, 0) is 108 Å². The van der Waals surface area contributed by atoms with Gasteiger partial charge in [0.1, 0.15) is 0 Å². The number of carboxylic acid groups (broad SMARTS) is 1. The number of ketones is 1. The van der Waals surface area contributed by atoms with Crippen molar-refractivity contribution < 1.29 is 14.7 Å². The Kier molecular flexibility index (Phi) is 23.9. The largest absolute Gasteiger partial charge is 0.483 e. The second-order valence-corrected chi connectivity index (χ2v) is 14.3. The molecule has 1 fully saturated rings. The van der Waals surface area contributed by atoms with E-state index in [1.54, 1.807) is 6.08 Å². The molecule has 4 aromatic carbocycles. The third kappa shape index (κ3) is 16.8. The van der Waals surface area contributed by atoms with Crippen molar-refractivity contribution in [2.24, 2.45) is 11.8 Å². The third-order valence-corrected chi connectivity index (χ3v) is 10.0. The second-order valence-electron chi connectivity index (χ2n) is 13.9. The summed E-state index contributed by atoms with van der Waals surface area (Å²) in [4.78, 5) is 21.5. The van der Waals surface area contributed by atoms with Crippen molar-refractivity contribution in [3.05, 3.63) is 135 Å². The lowest BCUT2D eigenvalue weighted by atomic mass is 9.88. The predicted molar refractivity (Wildman–Crippen MR) is 240 cm³/mol. The van der Waals surface area contributed by atoms with E-state index in [1.165, 1.54) is 58.9 Å². The van der Waals surface area contributed by atoms with Crippen LogP contribution in [0, 0.1) is 38.0 Å². The summed E-state index contributed by atoms with van der Waals surface area (Å²) >= 11 is 6.75. The van der Waals surface area contributed by atoms with E-state index < -0.39 is 0 Å². The predicted octanol–water partition coefficient (Wildman–Crippen LogP) is 14.5. The summed E-state index contributed by atoms with van der Waals surface area (Å²) in [6.45, 7) is 20.7. The first-order chi connectivity index (χ1) is 26.4. The van der Waals surface area contributed by atoms with Gasteiger partial charge in [-0.2, -0.15) is 0 Å². The minimum atomic E-state index is -0.250. The molecule has 1 saturated carbocycles. The molecule has 1 unspecified atom stereocenters. The van der Waals surface area contributed by atoms with Crippen molar-refractivity contribution in [3.63, 3.8) is 0 Å². The molecule has 0 spiro atoms. The van der Waals surface area contributed by atoms with Crippen LogP contribution in [0.3, 0.4) is 0 Å². The van der Waals surface area contributed by atoms with Crippen LogP contribution in [-0.2, 0) is 22.4 Å². The molecular formula is C50H66ClNO3. The van der Waals surface area contributed by atoms with Gasteiger partial charge >= 0.3 is 0 Å². The summed E-state index contributed by atoms with van der Waals surface area (Å²) in [6.07, 6.45) is 15.0. The van der Waals surface area contributed by atoms with Gasteiger partial charge in [0.15, 0.2) is 5.78 Å². The molecule has 1 atom stereocenters. The molecule has 55 heavy (non-hydrogen) atoms.